The molecule has 54 heavy (non-hydrogen) atoms. The largest absolute Gasteiger partial charge is 0.522 e. The summed E-state index contributed by atoms with van der Waals surface area (Å²) < 4.78 is 88.1. The SMILES string of the molecule is C#Cc1c(F)ccc2cccc(-c3nc4c5c(nc(OCC67CCCN6C[C@@H](OC(F)(F)F)C7)nc5c3F)N3CCN(C(=O)OC(C)(C)C)C[C@H]3CC4)c12. The Hall–Kier alpha value is -4.81. The number of anilines is 1. The molecule has 0 spiro atoms. The quantitative estimate of drug-likeness (QED) is 0.158. The maximum Gasteiger partial charge on any atom is 0.522 e. The van der Waals surface area contributed by atoms with E-state index < -0.39 is 41.3 Å². The van der Waals surface area contributed by atoms with E-state index in [1.807, 2.05) is 9.80 Å². The molecule has 2 aromatic heterocycles. The lowest BCUT2D eigenvalue weighted by molar-refractivity contribution is -0.340. The molecule has 10 nitrogen and oxygen atoms in total. The van der Waals surface area contributed by atoms with Crippen molar-refractivity contribution in [2.75, 3.05) is 44.2 Å². The number of hydrogen-bond donors (Lipinski definition) is 0. The summed E-state index contributed by atoms with van der Waals surface area (Å²) in [7, 11) is 0. The molecule has 1 unspecified atom stereocenters. The molecule has 3 saturated heterocycles. The van der Waals surface area contributed by atoms with Crippen molar-refractivity contribution in [3.63, 3.8) is 0 Å². The Morgan fingerprint density at radius 1 is 1.04 bits per heavy atom. The standard InChI is InChI=1S/C39H39F5N6O4/c1-5-25-27(40)12-10-22-8-6-9-26(29(22)25)32-31(41)33-30-28(45-32)13-11-23-19-48(36(51)54-37(2,3)4)16-17-50(23)34(30)47-35(46-33)52-21-38-14-7-15-49(38)20-24(18-38)53-39(42,43)44/h1,6,8-10,12,23-24H,7,11,13-21H2,2-4H3/t23-,24+,38?/m1/s1. The van der Waals surface area contributed by atoms with E-state index in [2.05, 4.69) is 15.6 Å². The van der Waals surface area contributed by atoms with Crippen LogP contribution in [0, 0.1) is 24.0 Å². The van der Waals surface area contributed by atoms with Crippen LogP contribution in [-0.2, 0) is 15.9 Å². The van der Waals surface area contributed by atoms with Gasteiger partial charge in [0.2, 0.25) is 0 Å². The highest BCUT2D eigenvalue weighted by Crippen LogP contribution is 2.44. The summed E-state index contributed by atoms with van der Waals surface area (Å²) in [6.45, 7) is 7.04. The first-order chi connectivity index (χ1) is 25.6. The molecule has 4 aliphatic heterocycles. The van der Waals surface area contributed by atoms with Gasteiger partial charge in [-0.1, -0.05) is 30.2 Å². The number of benzene rings is 2. The van der Waals surface area contributed by atoms with Crippen LogP contribution in [0.25, 0.3) is 32.9 Å². The van der Waals surface area contributed by atoms with E-state index in [-0.39, 0.29) is 48.4 Å². The lowest BCUT2D eigenvalue weighted by Gasteiger charge is -2.41. The Morgan fingerprint density at radius 3 is 2.61 bits per heavy atom. The zero-order chi connectivity index (χ0) is 38.2. The van der Waals surface area contributed by atoms with Gasteiger partial charge in [-0.05, 0) is 70.9 Å². The first-order valence-corrected chi connectivity index (χ1v) is 18.1. The normalized spacial score (nSPS) is 22.9. The molecule has 1 amide bonds. The van der Waals surface area contributed by atoms with Gasteiger partial charge in [0, 0.05) is 43.2 Å². The Kier molecular flexibility index (Phi) is 8.84. The van der Waals surface area contributed by atoms with Crippen molar-refractivity contribution in [2.24, 2.45) is 0 Å². The summed E-state index contributed by atoms with van der Waals surface area (Å²) in [6, 6.07) is 7.55. The number of alkyl halides is 3. The highest BCUT2D eigenvalue weighted by atomic mass is 19.4. The third kappa shape index (κ3) is 6.53. The fourth-order valence-corrected chi connectivity index (χ4v) is 8.64. The Bertz CT molecular complexity index is 2200. The first kappa shape index (κ1) is 36.2. The van der Waals surface area contributed by atoms with Crippen LogP contribution in [0.5, 0.6) is 6.01 Å². The van der Waals surface area contributed by atoms with E-state index in [4.69, 9.17) is 25.9 Å². The van der Waals surface area contributed by atoms with Gasteiger partial charge in [0.15, 0.2) is 5.82 Å². The number of amides is 1. The van der Waals surface area contributed by atoms with Gasteiger partial charge in [-0.15, -0.1) is 19.6 Å². The predicted molar refractivity (Wildman–Crippen MR) is 190 cm³/mol. The maximum absolute atomic E-state index is 17.2. The molecule has 0 N–H and O–H groups in total. The minimum atomic E-state index is -4.77. The monoisotopic (exact) mass is 750 g/mol. The third-order valence-corrected chi connectivity index (χ3v) is 10.9. The van der Waals surface area contributed by atoms with Crippen molar-refractivity contribution in [3.8, 4) is 29.6 Å². The molecular formula is C39H39F5N6O4. The fraction of sp³-hybridized carbons (Fsp3) is 0.487. The average Bonchev–Trinajstić information content (AvgIpc) is 3.59. The number of halogens is 5. The van der Waals surface area contributed by atoms with Gasteiger partial charge in [0.1, 0.15) is 35.1 Å². The number of terminal acetylenes is 1. The molecule has 0 saturated carbocycles. The van der Waals surface area contributed by atoms with E-state index >= 15 is 8.78 Å². The number of ether oxygens (including phenoxy) is 3. The second kappa shape index (κ2) is 13.2. The smallest absolute Gasteiger partial charge is 0.461 e. The number of carbonyl (C=O) groups is 1. The van der Waals surface area contributed by atoms with E-state index in [1.165, 1.54) is 6.07 Å². The number of pyridine rings is 1. The Morgan fingerprint density at radius 2 is 1.85 bits per heavy atom. The highest BCUT2D eigenvalue weighted by molar-refractivity contribution is 6.02. The minimum absolute atomic E-state index is 0.0215. The van der Waals surface area contributed by atoms with Gasteiger partial charge in [-0.25, -0.2) is 18.6 Å². The number of hydrogen-bond acceptors (Lipinski definition) is 9. The summed E-state index contributed by atoms with van der Waals surface area (Å²) in [4.78, 5) is 33.1. The number of rotatable bonds is 5. The molecule has 15 heteroatoms. The van der Waals surface area contributed by atoms with E-state index in [9.17, 15) is 18.0 Å². The lowest BCUT2D eigenvalue weighted by atomic mass is 9.94. The lowest BCUT2D eigenvalue weighted by Crippen LogP contribution is -2.55. The summed E-state index contributed by atoms with van der Waals surface area (Å²) in [5.41, 5.74) is -0.778. The molecule has 0 bridgehead atoms. The van der Waals surface area contributed by atoms with Crippen LogP contribution in [0.15, 0.2) is 30.3 Å². The van der Waals surface area contributed by atoms with Gasteiger partial charge in [0.25, 0.3) is 0 Å². The molecule has 3 atom stereocenters. The van der Waals surface area contributed by atoms with Crippen LogP contribution in [-0.4, -0.2) is 99.8 Å². The van der Waals surface area contributed by atoms with Crippen molar-refractivity contribution < 1.29 is 41.0 Å². The molecule has 0 radical (unpaired) electrons. The molecule has 4 aliphatic rings. The molecule has 0 aliphatic carbocycles. The zero-order valence-electron chi connectivity index (χ0n) is 30.1. The Balaban J connectivity index is 1.23. The number of piperazine rings is 1. The molecule has 3 fully saturated rings. The number of nitrogens with zero attached hydrogens (tertiary/aromatic N) is 6. The summed E-state index contributed by atoms with van der Waals surface area (Å²) >= 11 is 0. The number of aryl methyl sites for hydroxylation is 1. The van der Waals surface area contributed by atoms with Crippen molar-refractivity contribution in [2.45, 2.75) is 82.5 Å². The van der Waals surface area contributed by atoms with Crippen LogP contribution >= 0.6 is 0 Å². The zero-order valence-corrected chi connectivity index (χ0v) is 30.1. The topological polar surface area (TPSA) is 93.2 Å². The minimum Gasteiger partial charge on any atom is -0.461 e. The fourth-order valence-electron chi connectivity index (χ4n) is 8.64. The highest BCUT2D eigenvalue weighted by Gasteiger charge is 2.52. The van der Waals surface area contributed by atoms with Crippen molar-refractivity contribution in [3.05, 3.63) is 53.2 Å². The second-order valence-corrected chi connectivity index (χ2v) is 15.5. The summed E-state index contributed by atoms with van der Waals surface area (Å²) in [6.07, 6.45) is 1.86. The molecule has 4 aromatic rings. The number of carbonyl (C=O) groups excluding carboxylic acids is 1. The van der Waals surface area contributed by atoms with Crippen LogP contribution < -0.4 is 9.64 Å². The molecule has 284 valence electrons. The predicted octanol–water partition coefficient (Wildman–Crippen LogP) is 7.00. The average molecular weight is 751 g/mol. The summed E-state index contributed by atoms with van der Waals surface area (Å²) in [5.74, 6) is 1.39. The van der Waals surface area contributed by atoms with E-state index in [0.29, 0.717) is 78.7 Å². The maximum atomic E-state index is 17.2. The number of aromatic nitrogens is 3. The first-order valence-electron chi connectivity index (χ1n) is 18.1. The second-order valence-electron chi connectivity index (χ2n) is 15.5. The van der Waals surface area contributed by atoms with Gasteiger partial charge >= 0.3 is 18.5 Å². The van der Waals surface area contributed by atoms with Crippen LogP contribution in [0.2, 0.25) is 0 Å². The Labute approximate surface area is 308 Å². The van der Waals surface area contributed by atoms with Gasteiger partial charge < -0.3 is 19.3 Å². The van der Waals surface area contributed by atoms with Gasteiger partial charge in [-0.2, -0.15) is 9.97 Å². The third-order valence-electron chi connectivity index (χ3n) is 10.9. The van der Waals surface area contributed by atoms with Gasteiger partial charge in [0.05, 0.1) is 28.3 Å². The van der Waals surface area contributed by atoms with Crippen LogP contribution in [0.3, 0.4) is 0 Å². The summed E-state index contributed by atoms with van der Waals surface area (Å²) in [5, 5.41) is 1.33. The van der Waals surface area contributed by atoms with E-state index in [1.54, 1.807) is 49.9 Å². The van der Waals surface area contributed by atoms with Crippen molar-refractivity contribution >= 4 is 33.6 Å². The molecule has 8 rings (SSSR count). The van der Waals surface area contributed by atoms with Gasteiger partial charge in [-0.3, -0.25) is 9.64 Å². The number of fused-ring (bicyclic) bond motifs is 4. The van der Waals surface area contributed by atoms with E-state index in [0.717, 1.165) is 6.42 Å². The van der Waals surface area contributed by atoms with Crippen molar-refractivity contribution in [1.29, 1.82) is 0 Å². The molecule has 2 aromatic carbocycles. The van der Waals surface area contributed by atoms with Crippen LogP contribution in [0.4, 0.5) is 32.6 Å². The van der Waals surface area contributed by atoms with Crippen molar-refractivity contribution in [1.82, 2.24) is 24.8 Å². The van der Waals surface area contributed by atoms with Crippen LogP contribution in [0.1, 0.15) is 57.7 Å². The molecular weight excluding hydrogens is 711 g/mol. The molecule has 6 heterocycles.